The number of piperazine rings is 1. The topological polar surface area (TPSA) is 76.2 Å². The van der Waals surface area contributed by atoms with Crippen molar-refractivity contribution in [3.8, 4) is 11.5 Å². The van der Waals surface area contributed by atoms with Gasteiger partial charge in [-0.15, -0.1) is 0 Å². The van der Waals surface area contributed by atoms with Crippen LogP contribution in [0.2, 0.25) is 0 Å². The number of fused-ring (bicyclic) bond motifs is 1. The molecule has 0 aliphatic carbocycles. The number of benzene rings is 2. The summed E-state index contributed by atoms with van der Waals surface area (Å²) >= 11 is 0. The van der Waals surface area contributed by atoms with Crippen molar-refractivity contribution < 1.29 is 22.7 Å². The minimum absolute atomic E-state index is 0.147. The largest absolute Gasteiger partial charge is 0.485 e. The van der Waals surface area contributed by atoms with E-state index in [4.69, 9.17) is 9.47 Å². The van der Waals surface area contributed by atoms with Crippen molar-refractivity contribution in [2.24, 2.45) is 0 Å². The summed E-state index contributed by atoms with van der Waals surface area (Å²) in [5.41, 5.74) is 0.819. The van der Waals surface area contributed by atoms with Crippen LogP contribution < -0.4 is 9.47 Å². The third kappa shape index (κ3) is 4.44. The first kappa shape index (κ1) is 19.5. The average Bonchev–Trinajstić information content (AvgIpc) is 2.78. The van der Waals surface area contributed by atoms with Gasteiger partial charge in [0.2, 0.25) is 16.1 Å². The minimum Gasteiger partial charge on any atom is -0.485 e. The normalized spacial score (nSPS) is 20.0. The van der Waals surface area contributed by atoms with Crippen LogP contribution in [0.25, 0.3) is 6.08 Å². The lowest BCUT2D eigenvalue weighted by Gasteiger charge is -2.36. The second-order valence-corrected chi connectivity index (χ2v) is 8.67. The summed E-state index contributed by atoms with van der Waals surface area (Å²) in [5, 5.41) is 1.22. The van der Waals surface area contributed by atoms with E-state index in [0.29, 0.717) is 24.6 Å². The van der Waals surface area contributed by atoms with Gasteiger partial charge < -0.3 is 14.4 Å². The van der Waals surface area contributed by atoms with E-state index in [1.54, 1.807) is 23.1 Å². The molecule has 0 aromatic heterocycles. The molecule has 2 aromatic carbocycles. The minimum atomic E-state index is -3.54. The molecule has 152 valence electrons. The number of hydrogen-bond donors (Lipinski definition) is 0. The van der Waals surface area contributed by atoms with Crippen molar-refractivity contribution in [3.05, 3.63) is 65.6 Å². The van der Waals surface area contributed by atoms with E-state index < -0.39 is 16.1 Å². The van der Waals surface area contributed by atoms with Crippen LogP contribution in [0.3, 0.4) is 0 Å². The molecule has 0 radical (unpaired) electrons. The Labute approximate surface area is 170 Å². The predicted octanol–water partition coefficient (Wildman–Crippen LogP) is 1.97. The van der Waals surface area contributed by atoms with E-state index in [9.17, 15) is 13.2 Å². The van der Waals surface area contributed by atoms with E-state index in [2.05, 4.69) is 0 Å². The zero-order valence-corrected chi connectivity index (χ0v) is 16.6. The molecule has 4 rings (SSSR count). The van der Waals surface area contributed by atoms with Crippen molar-refractivity contribution in [2.45, 2.75) is 6.10 Å². The van der Waals surface area contributed by atoms with Crippen molar-refractivity contribution in [3.63, 3.8) is 0 Å². The van der Waals surface area contributed by atoms with E-state index >= 15 is 0 Å². The van der Waals surface area contributed by atoms with Gasteiger partial charge in [0, 0.05) is 31.6 Å². The Balaban J connectivity index is 1.34. The van der Waals surface area contributed by atoms with Crippen molar-refractivity contribution in [1.82, 2.24) is 9.21 Å². The molecule has 0 bridgehead atoms. The molecule has 1 amide bonds. The van der Waals surface area contributed by atoms with E-state index in [1.165, 1.54) is 9.71 Å². The molecule has 2 aromatic rings. The highest BCUT2D eigenvalue weighted by Crippen LogP contribution is 2.31. The van der Waals surface area contributed by atoms with Crippen molar-refractivity contribution in [1.29, 1.82) is 0 Å². The fourth-order valence-corrected chi connectivity index (χ4v) is 4.50. The van der Waals surface area contributed by atoms with Gasteiger partial charge in [-0.1, -0.05) is 42.5 Å². The third-order valence-corrected chi connectivity index (χ3v) is 6.49. The third-order valence-electron chi connectivity index (χ3n) is 4.93. The monoisotopic (exact) mass is 414 g/mol. The summed E-state index contributed by atoms with van der Waals surface area (Å²) in [6.07, 6.45) is 0.864. The zero-order valence-electron chi connectivity index (χ0n) is 15.8. The van der Waals surface area contributed by atoms with Gasteiger partial charge in [0.05, 0.1) is 0 Å². The Morgan fingerprint density at radius 2 is 1.59 bits per heavy atom. The molecule has 1 saturated heterocycles. The van der Waals surface area contributed by atoms with Crippen LogP contribution in [-0.2, 0) is 14.8 Å². The maximum absolute atomic E-state index is 12.8. The second kappa shape index (κ2) is 8.26. The molecule has 2 aliphatic heterocycles. The molecule has 1 atom stereocenters. The fourth-order valence-electron chi connectivity index (χ4n) is 3.32. The number of amides is 1. The van der Waals surface area contributed by atoms with Gasteiger partial charge in [0.25, 0.3) is 5.91 Å². The number of nitrogens with zero attached hydrogens (tertiary/aromatic N) is 2. The van der Waals surface area contributed by atoms with E-state index in [-0.39, 0.29) is 25.6 Å². The molecule has 1 unspecified atom stereocenters. The molecule has 2 aliphatic rings. The van der Waals surface area contributed by atoms with Crippen LogP contribution in [0, 0.1) is 0 Å². The summed E-state index contributed by atoms with van der Waals surface area (Å²) in [4.78, 5) is 14.4. The van der Waals surface area contributed by atoms with Gasteiger partial charge >= 0.3 is 0 Å². The van der Waals surface area contributed by atoms with Crippen LogP contribution in [0.4, 0.5) is 0 Å². The SMILES string of the molecule is O=C(C1COc2ccccc2O1)N1CCN(S(=O)(=O)C=Cc2ccccc2)CC1. The Morgan fingerprint density at radius 3 is 2.31 bits per heavy atom. The van der Waals surface area contributed by atoms with Gasteiger partial charge in [-0.05, 0) is 23.8 Å². The highest BCUT2D eigenvalue weighted by atomic mass is 32.2. The first-order chi connectivity index (χ1) is 14.0. The summed E-state index contributed by atoms with van der Waals surface area (Å²) in [6.45, 7) is 1.28. The number of carbonyl (C=O) groups is 1. The van der Waals surface area contributed by atoms with E-state index in [0.717, 1.165) is 5.56 Å². The maximum Gasteiger partial charge on any atom is 0.267 e. The van der Waals surface area contributed by atoms with Crippen LogP contribution >= 0.6 is 0 Å². The summed E-state index contributed by atoms with van der Waals surface area (Å²) < 4.78 is 37.9. The highest BCUT2D eigenvalue weighted by Gasteiger charge is 2.34. The van der Waals surface area contributed by atoms with Gasteiger partial charge in [0.15, 0.2) is 11.5 Å². The average molecular weight is 414 g/mol. The molecule has 0 spiro atoms. The lowest BCUT2D eigenvalue weighted by molar-refractivity contribution is -0.142. The number of hydrogen-bond acceptors (Lipinski definition) is 5. The molecule has 29 heavy (non-hydrogen) atoms. The summed E-state index contributed by atoms with van der Waals surface area (Å²) in [5.74, 6) is 0.985. The standard InChI is InChI=1S/C21H22N2O5S/c24-21(20-16-27-18-8-4-5-9-19(18)28-20)22-11-13-23(14-12-22)29(25,26)15-10-17-6-2-1-3-7-17/h1-10,15,20H,11-14,16H2. The number of rotatable bonds is 4. The smallest absolute Gasteiger partial charge is 0.267 e. The molecule has 0 N–H and O–H groups in total. The van der Waals surface area contributed by atoms with Gasteiger partial charge in [-0.25, -0.2) is 8.42 Å². The van der Waals surface area contributed by atoms with Crippen LogP contribution in [0.1, 0.15) is 5.56 Å². The molecule has 8 heteroatoms. The lowest BCUT2D eigenvalue weighted by atomic mass is 10.2. The quantitative estimate of drug-likeness (QED) is 0.765. The summed E-state index contributed by atoms with van der Waals surface area (Å²) in [6, 6.07) is 16.5. The predicted molar refractivity (Wildman–Crippen MR) is 109 cm³/mol. The molecule has 0 saturated carbocycles. The number of ether oxygens (including phenoxy) is 2. The number of sulfonamides is 1. The number of para-hydroxylation sites is 2. The second-order valence-electron chi connectivity index (χ2n) is 6.85. The molecule has 1 fully saturated rings. The van der Waals surface area contributed by atoms with Crippen LogP contribution in [-0.4, -0.2) is 62.4 Å². The Hall–Kier alpha value is -2.84. The maximum atomic E-state index is 12.8. The Morgan fingerprint density at radius 1 is 0.931 bits per heavy atom. The number of carbonyl (C=O) groups excluding carboxylic acids is 1. The van der Waals surface area contributed by atoms with Crippen LogP contribution in [0.5, 0.6) is 11.5 Å². The van der Waals surface area contributed by atoms with Crippen molar-refractivity contribution in [2.75, 3.05) is 32.8 Å². The van der Waals surface area contributed by atoms with Gasteiger partial charge in [-0.3, -0.25) is 4.79 Å². The highest BCUT2D eigenvalue weighted by molar-refractivity contribution is 7.92. The van der Waals surface area contributed by atoms with Gasteiger partial charge in [0.1, 0.15) is 6.61 Å². The zero-order chi connectivity index (χ0) is 20.3. The van der Waals surface area contributed by atoms with Crippen molar-refractivity contribution >= 4 is 22.0 Å². The van der Waals surface area contributed by atoms with Crippen LogP contribution in [0.15, 0.2) is 60.0 Å². The molecule has 2 heterocycles. The molecular formula is C21H22N2O5S. The van der Waals surface area contributed by atoms with E-state index in [1.807, 2.05) is 42.5 Å². The Bertz CT molecular complexity index is 999. The van der Waals surface area contributed by atoms with Gasteiger partial charge in [-0.2, -0.15) is 4.31 Å². The lowest BCUT2D eigenvalue weighted by Crippen LogP contribution is -2.54. The molecule has 7 nitrogen and oxygen atoms in total. The Kier molecular flexibility index (Phi) is 5.55. The first-order valence-electron chi connectivity index (χ1n) is 9.43. The first-order valence-corrected chi connectivity index (χ1v) is 10.9. The fraction of sp³-hybridized carbons (Fsp3) is 0.286. The summed E-state index contributed by atoms with van der Waals surface area (Å²) in [7, 11) is -3.54. The molecular weight excluding hydrogens is 392 g/mol.